The van der Waals surface area contributed by atoms with Gasteiger partial charge in [0, 0.05) is 33.1 Å². The summed E-state index contributed by atoms with van der Waals surface area (Å²) in [5, 5.41) is 2.66. The van der Waals surface area contributed by atoms with Crippen LogP contribution in [0.4, 0.5) is 4.39 Å². The van der Waals surface area contributed by atoms with E-state index in [9.17, 15) is 22.4 Å². The van der Waals surface area contributed by atoms with E-state index in [1.165, 1.54) is 28.4 Å². The van der Waals surface area contributed by atoms with Crippen molar-refractivity contribution in [3.05, 3.63) is 101 Å². The van der Waals surface area contributed by atoms with Gasteiger partial charge in [-0.2, -0.15) is 4.31 Å². The smallest absolute Gasteiger partial charge is 0.247 e. The van der Waals surface area contributed by atoms with Crippen molar-refractivity contribution in [3.8, 4) is 0 Å². The van der Waals surface area contributed by atoms with Crippen molar-refractivity contribution >= 4 is 21.8 Å². The molecule has 0 spiro atoms. The highest BCUT2D eigenvalue weighted by Gasteiger charge is 2.31. The van der Waals surface area contributed by atoms with Crippen LogP contribution in [0.5, 0.6) is 0 Å². The van der Waals surface area contributed by atoms with E-state index in [0.29, 0.717) is 30.6 Å². The highest BCUT2D eigenvalue weighted by Crippen LogP contribution is 2.26. The number of carbonyl (C=O) groups excluding carboxylic acids is 2. The lowest BCUT2D eigenvalue weighted by Crippen LogP contribution is -2.42. The molecule has 0 unspecified atom stereocenters. The Morgan fingerprint density at radius 1 is 0.921 bits per heavy atom. The molecule has 4 rings (SSSR count). The molecule has 3 aromatic rings. The van der Waals surface area contributed by atoms with Crippen LogP contribution in [0.1, 0.15) is 42.0 Å². The molecule has 0 aromatic heterocycles. The second-order valence-electron chi connectivity index (χ2n) is 9.33. The zero-order valence-corrected chi connectivity index (χ0v) is 22.2. The summed E-state index contributed by atoms with van der Waals surface area (Å²) >= 11 is 0. The van der Waals surface area contributed by atoms with Crippen molar-refractivity contribution < 1.29 is 22.4 Å². The van der Waals surface area contributed by atoms with Gasteiger partial charge in [0.25, 0.3) is 0 Å². The van der Waals surface area contributed by atoms with E-state index in [4.69, 9.17) is 0 Å². The Morgan fingerprint density at radius 3 is 2.13 bits per heavy atom. The molecule has 1 heterocycles. The Labute approximate surface area is 223 Å². The van der Waals surface area contributed by atoms with Gasteiger partial charge < -0.3 is 10.2 Å². The van der Waals surface area contributed by atoms with Crippen molar-refractivity contribution in [2.75, 3.05) is 20.1 Å². The molecule has 0 saturated carbocycles. The first-order valence-electron chi connectivity index (χ1n) is 12.7. The second kappa shape index (κ2) is 12.3. The lowest BCUT2D eigenvalue weighted by atomic mass is 10.0. The molecule has 200 valence electrons. The van der Waals surface area contributed by atoms with Gasteiger partial charge in [-0.3, -0.25) is 9.59 Å². The van der Waals surface area contributed by atoms with Gasteiger partial charge in [-0.15, -0.1) is 0 Å². The fourth-order valence-electron chi connectivity index (χ4n) is 4.66. The summed E-state index contributed by atoms with van der Waals surface area (Å²) in [6.45, 7) is 1.20. The Bertz CT molecular complexity index is 1340. The molecule has 1 atom stereocenters. The average molecular weight is 538 g/mol. The summed E-state index contributed by atoms with van der Waals surface area (Å²) in [6, 6.07) is 20.7. The topological polar surface area (TPSA) is 86.8 Å². The Balaban J connectivity index is 1.54. The number of nitrogens with zero attached hydrogens (tertiary/aromatic N) is 2. The lowest BCUT2D eigenvalue weighted by Gasteiger charge is -2.31. The van der Waals surface area contributed by atoms with E-state index < -0.39 is 16.1 Å². The highest BCUT2D eigenvalue weighted by atomic mass is 32.2. The number of nitrogens with one attached hydrogen (secondary N) is 1. The van der Waals surface area contributed by atoms with Crippen molar-refractivity contribution in [3.63, 3.8) is 0 Å². The number of aryl methyl sites for hydroxylation is 1. The van der Waals surface area contributed by atoms with E-state index in [1.54, 1.807) is 48.5 Å². The minimum atomic E-state index is -3.51. The third-order valence-corrected chi connectivity index (χ3v) is 8.67. The van der Waals surface area contributed by atoms with Gasteiger partial charge in [0.15, 0.2) is 0 Å². The van der Waals surface area contributed by atoms with Gasteiger partial charge in [0.1, 0.15) is 11.9 Å². The van der Waals surface area contributed by atoms with Gasteiger partial charge in [-0.25, -0.2) is 12.8 Å². The Hall–Kier alpha value is -3.56. The third-order valence-electron chi connectivity index (χ3n) is 6.76. The maximum absolute atomic E-state index is 13.6. The van der Waals surface area contributed by atoms with Crippen LogP contribution in [0, 0.1) is 5.82 Å². The number of likely N-dealkylation sites (N-methyl/N-ethyl adjacent to an activating group) is 1. The fourth-order valence-corrected chi connectivity index (χ4v) is 6.17. The number of rotatable bonds is 10. The third kappa shape index (κ3) is 6.46. The number of benzene rings is 3. The number of carbonyl (C=O) groups is 2. The molecular weight excluding hydrogens is 505 g/mol. The van der Waals surface area contributed by atoms with Crippen LogP contribution in [-0.2, 0) is 32.6 Å². The summed E-state index contributed by atoms with van der Waals surface area (Å²) in [5.74, 6) is -0.962. The maximum atomic E-state index is 13.6. The standard InChI is InChI=1S/C29H32FN3O4S/c1-31-29(35)28(24-7-3-2-4-8-24)33(21-23-9-14-25(30)15-10-23)27(34)18-13-22-11-16-26(17-12-22)38(36,37)32-19-5-6-20-32/h2-4,7-12,14-17,28H,5-6,13,18-21H2,1H3,(H,31,35)/t28-/m0/s1. The molecule has 1 N–H and O–H groups in total. The first-order valence-corrected chi connectivity index (χ1v) is 14.1. The van der Waals surface area contributed by atoms with E-state index in [0.717, 1.165) is 18.4 Å². The van der Waals surface area contributed by atoms with Crippen LogP contribution in [-0.4, -0.2) is 49.6 Å². The monoisotopic (exact) mass is 537 g/mol. The minimum absolute atomic E-state index is 0.111. The molecule has 9 heteroatoms. The predicted octanol–water partition coefficient (Wildman–Crippen LogP) is 4.06. The van der Waals surface area contributed by atoms with E-state index in [2.05, 4.69) is 5.32 Å². The summed E-state index contributed by atoms with van der Waals surface area (Å²) in [5.41, 5.74) is 2.18. The molecule has 0 radical (unpaired) electrons. The van der Waals surface area contributed by atoms with Gasteiger partial charge in [0.2, 0.25) is 21.8 Å². The van der Waals surface area contributed by atoms with Crippen molar-refractivity contribution in [2.45, 2.75) is 43.2 Å². The SMILES string of the molecule is CNC(=O)[C@H](c1ccccc1)N(Cc1ccc(F)cc1)C(=O)CCc1ccc(S(=O)(=O)N2CCCC2)cc1. The largest absolute Gasteiger partial charge is 0.357 e. The molecule has 1 aliphatic rings. The molecular formula is C29H32FN3O4S. The van der Waals surface area contributed by atoms with Crippen LogP contribution < -0.4 is 5.32 Å². The lowest BCUT2D eigenvalue weighted by molar-refractivity contribution is -0.141. The number of halogens is 1. The molecule has 3 aromatic carbocycles. The normalized spacial score (nSPS) is 14.7. The van der Waals surface area contributed by atoms with Crippen LogP contribution >= 0.6 is 0 Å². The zero-order valence-electron chi connectivity index (χ0n) is 21.3. The van der Waals surface area contributed by atoms with Gasteiger partial charge >= 0.3 is 0 Å². The summed E-state index contributed by atoms with van der Waals surface area (Å²) < 4.78 is 40.6. The molecule has 0 aliphatic carbocycles. The first-order chi connectivity index (χ1) is 18.3. The van der Waals surface area contributed by atoms with Crippen molar-refractivity contribution in [1.29, 1.82) is 0 Å². The summed E-state index contributed by atoms with van der Waals surface area (Å²) in [7, 11) is -1.98. The Kier molecular flexibility index (Phi) is 8.91. The number of sulfonamides is 1. The summed E-state index contributed by atoms with van der Waals surface area (Å²) in [6.07, 6.45) is 2.22. The maximum Gasteiger partial charge on any atom is 0.247 e. The minimum Gasteiger partial charge on any atom is -0.357 e. The predicted molar refractivity (Wildman–Crippen MR) is 143 cm³/mol. The quantitative estimate of drug-likeness (QED) is 0.423. The number of hydrogen-bond donors (Lipinski definition) is 1. The van der Waals surface area contributed by atoms with Crippen LogP contribution in [0.3, 0.4) is 0 Å². The van der Waals surface area contributed by atoms with Crippen molar-refractivity contribution in [2.24, 2.45) is 0 Å². The molecule has 1 aliphatic heterocycles. The van der Waals surface area contributed by atoms with E-state index in [-0.39, 0.29) is 35.5 Å². The summed E-state index contributed by atoms with van der Waals surface area (Å²) in [4.78, 5) is 28.3. The molecule has 2 amide bonds. The van der Waals surface area contributed by atoms with Gasteiger partial charge in [-0.1, -0.05) is 54.6 Å². The zero-order chi connectivity index (χ0) is 27.1. The molecule has 1 fully saturated rings. The van der Waals surface area contributed by atoms with Crippen LogP contribution in [0.25, 0.3) is 0 Å². The average Bonchev–Trinajstić information content (AvgIpc) is 3.49. The Morgan fingerprint density at radius 2 is 1.53 bits per heavy atom. The van der Waals surface area contributed by atoms with Gasteiger partial charge in [-0.05, 0) is 60.2 Å². The van der Waals surface area contributed by atoms with Crippen LogP contribution in [0.2, 0.25) is 0 Å². The molecule has 7 nitrogen and oxygen atoms in total. The molecule has 1 saturated heterocycles. The first kappa shape index (κ1) is 27.5. The molecule has 38 heavy (non-hydrogen) atoms. The van der Waals surface area contributed by atoms with Crippen LogP contribution in [0.15, 0.2) is 83.8 Å². The fraction of sp³-hybridized carbons (Fsp3) is 0.310. The highest BCUT2D eigenvalue weighted by molar-refractivity contribution is 7.89. The van der Waals surface area contributed by atoms with Crippen molar-refractivity contribution in [1.82, 2.24) is 14.5 Å². The number of hydrogen-bond acceptors (Lipinski definition) is 4. The van der Waals surface area contributed by atoms with E-state index >= 15 is 0 Å². The number of amides is 2. The molecule has 0 bridgehead atoms. The van der Waals surface area contributed by atoms with E-state index in [1.807, 2.05) is 18.2 Å². The van der Waals surface area contributed by atoms with Gasteiger partial charge in [0.05, 0.1) is 4.90 Å². The second-order valence-corrected chi connectivity index (χ2v) is 11.3.